The van der Waals surface area contributed by atoms with Crippen LogP contribution in [0.2, 0.25) is 0 Å². The molecular formula is C14H19F3N2. The molecule has 1 N–H and O–H groups in total. The molecule has 0 spiro atoms. The van der Waals surface area contributed by atoms with Crippen LogP contribution in [0.5, 0.6) is 0 Å². The van der Waals surface area contributed by atoms with Crippen molar-refractivity contribution in [1.82, 2.24) is 10.2 Å². The second-order valence-electron chi connectivity index (χ2n) is 4.94. The van der Waals surface area contributed by atoms with Gasteiger partial charge in [0, 0.05) is 19.1 Å². The molecule has 0 saturated carbocycles. The van der Waals surface area contributed by atoms with Gasteiger partial charge in [0.2, 0.25) is 0 Å². The number of nitrogens with zero attached hydrogens (tertiary/aromatic N) is 1. The van der Waals surface area contributed by atoms with Gasteiger partial charge in [-0.25, -0.2) is 0 Å². The van der Waals surface area contributed by atoms with Gasteiger partial charge in [0.1, 0.15) is 0 Å². The number of nitrogens with one attached hydrogen (secondary N) is 1. The Labute approximate surface area is 111 Å². The monoisotopic (exact) mass is 272 g/mol. The highest BCUT2D eigenvalue weighted by atomic mass is 19.4. The molecule has 2 rings (SSSR count). The minimum atomic E-state index is -4.26. The fourth-order valence-electron chi connectivity index (χ4n) is 2.42. The maximum Gasteiger partial charge on any atom is 0.416 e. The fraction of sp³-hybridized carbons (Fsp3) is 0.571. The molecule has 1 aromatic carbocycles. The summed E-state index contributed by atoms with van der Waals surface area (Å²) in [7, 11) is 0. The standard InChI is InChI=1S/C14H19F3N2/c1-11(19-9-2-7-18-8-10-19)12-3-5-13(6-4-12)14(15,16)17/h3-6,11,18H,2,7-10H2,1H3. The molecule has 1 saturated heterocycles. The third-order valence-electron chi connectivity index (χ3n) is 3.64. The van der Waals surface area contributed by atoms with Crippen molar-refractivity contribution in [3.63, 3.8) is 0 Å². The van der Waals surface area contributed by atoms with Gasteiger partial charge in [-0.15, -0.1) is 0 Å². The second-order valence-corrected chi connectivity index (χ2v) is 4.94. The third-order valence-corrected chi connectivity index (χ3v) is 3.64. The summed E-state index contributed by atoms with van der Waals surface area (Å²) >= 11 is 0. The molecule has 1 atom stereocenters. The Balaban J connectivity index is 2.08. The summed E-state index contributed by atoms with van der Waals surface area (Å²) < 4.78 is 37.5. The minimum absolute atomic E-state index is 0.155. The molecule has 1 fully saturated rings. The average molecular weight is 272 g/mol. The van der Waals surface area contributed by atoms with E-state index in [1.165, 1.54) is 12.1 Å². The van der Waals surface area contributed by atoms with Gasteiger partial charge in [-0.05, 0) is 44.1 Å². The Bertz CT molecular complexity index is 392. The highest BCUT2D eigenvalue weighted by Crippen LogP contribution is 2.30. The van der Waals surface area contributed by atoms with Crippen LogP contribution in [0, 0.1) is 0 Å². The summed E-state index contributed by atoms with van der Waals surface area (Å²) in [4.78, 5) is 2.31. The van der Waals surface area contributed by atoms with Gasteiger partial charge >= 0.3 is 6.18 Å². The lowest BCUT2D eigenvalue weighted by atomic mass is 10.0. The van der Waals surface area contributed by atoms with Crippen molar-refractivity contribution in [2.24, 2.45) is 0 Å². The number of benzene rings is 1. The SMILES string of the molecule is CC(c1ccc(C(F)(F)F)cc1)N1CCCNCC1. The van der Waals surface area contributed by atoms with Crippen LogP contribution in [-0.2, 0) is 6.18 Å². The Morgan fingerprint density at radius 1 is 1.11 bits per heavy atom. The zero-order chi connectivity index (χ0) is 13.9. The van der Waals surface area contributed by atoms with E-state index >= 15 is 0 Å². The number of rotatable bonds is 2. The van der Waals surface area contributed by atoms with Crippen molar-refractivity contribution in [3.8, 4) is 0 Å². The second kappa shape index (κ2) is 5.92. The van der Waals surface area contributed by atoms with E-state index in [4.69, 9.17) is 0 Å². The van der Waals surface area contributed by atoms with Gasteiger partial charge < -0.3 is 5.32 Å². The zero-order valence-electron chi connectivity index (χ0n) is 11.0. The molecule has 106 valence electrons. The van der Waals surface area contributed by atoms with Crippen molar-refractivity contribution >= 4 is 0 Å². The molecule has 0 aliphatic carbocycles. The van der Waals surface area contributed by atoms with E-state index in [9.17, 15) is 13.2 Å². The zero-order valence-corrected chi connectivity index (χ0v) is 11.0. The Morgan fingerprint density at radius 3 is 2.42 bits per heavy atom. The normalized spacial score (nSPS) is 20.0. The first-order valence-electron chi connectivity index (χ1n) is 6.60. The summed E-state index contributed by atoms with van der Waals surface area (Å²) in [6, 6.07) is 5.67. The summed E-state index contributed by atoms with van der Waals surface area (Å²) in [5, 5.41) is 3.32. The van der Waals surface area contributed by atoms with Crippen molar-refractivity contribution in [2.45, 2.75) is 25.6 Å². The minimum Gasteiger partial charge on any atom is -0.315 e. The van der Waals surface area contributed by atoms with Gasteiger partial charge in [0.25, 0.3) is 0 Å². The summed E-state index contributed by atoms with van der Waals surface area (Å²) in [5.74, 6) is 0. The van der Waals surface area contributed by atoms with Crippen LogP contribution < -0.4 is 5.32 Å². The molecule has 5 heteroatoms. The molecule has 2 nitrogen and oxygen atoms in total. The third kappa shape index (κ3) is 3.70. The van der Waals surface area contributed by atoms with E-state index < -0.39 is 11.7 Å². The number of alkyl halides is 3. The van der Waals surface area contributed by atoms with Crippen molar-refractivity contribution in [3.05, 3.63) is 35.4 Å². The lowest BCUT2D eigenvalue weighted by Crippen LogP contribution is -2.30. The quantitative estimate of drug-likeness (QED) is 0.890. The van der Waals surface area contributed by atoms with E-state index in [0.29, 0.717) is 0 Å². The first-order valence-corrected chi connectivity index (χ1v) is 6.60. The smallest absolute Gasteiger partial charge is 0.315 e. The molecule has 1 unspecified atom stereocenters. The van der Waals surface area contributed by atoms with E-state index in [1.807, 2.05) is 6.92 Å². The van der Waals surface area contributed by atoms with Crippen molar-refractivity contribution in [1.29, 1.82) is 0 Å². The molecule has 19 heavy (non-hydrogen) atoms. The van der Waals surface area contributed by atoms with Crippen LogP contribution in [0.3, 0.4) is 0 Å². The maximum atomic E-state index is 12.5. The van der Waals surface area contributed by atoms with Crippen LogP contribution in [0.25, 0.3) is 0 Å². The lowest BCUT2D eigenvalue weighted by molar-refractivity contribution is -0.137. The molecule has 0 amide bonds. The number of hydrogen-bond acceptors (Lipinski definition) is 2. The molecule has 0 bridgehead atoms. The topological polar surface area (TPSA) is 15.3 Å². The predicted molar refractivity (Wildman–Crippen MR) is 68.9 cm³/mol. The summed E-state index contributed by atoms with van der Waals surface area (Å²) in [6.45, 7) is 5.91. The Morgan fingerprint density at radius 2 is 1.79 bits per heavy atom. The molecule has 0 aromatic heterocycles. The number of halogens is 3. The van der Waals surface area contributed by atoms with E-state index in [0.717, 1.165) is 38.2 Å². The van der Waals surface area contributed by atoms with E-state index in [2.05, 4.69) is 10.2 Å². The summed E-state index contributed by atoms with van der Waals surface area (Å²) in [5.41, 5.74) is 0.357. The van der Waals surface area contributed by atoms with Crippen LogP contribution >= 0.6 is 0 Å². The lowest BCUT2D eigenvalue weighted by Gasteiger charge is -2.27. The van der Waals surface area contributed by atoms with E-state index in [-0.39, 0.29) is 6.04 Å². The maximum absolute atomic E-state index is 12.5. The first kappa shape index (κ1) is 14.3. The van der Waals surface area contributed by atoms with Gasteiger partial charge in [-0.1, -0.05) is 12.1 Å². The van der Waals surface area contributed by atoms with E-state index in [1.54, 1.807) is 12.1 Å². The number of hydrogen-bond donors (Lipinski definition) is 1. The fourth-order valence-corrected chi connectivity index (χ4v) is 2.42. The van der Waals surface area contributed by atoms with Crippen LogP contribution in [-0.4, -0.2) is 31.1 Å². The van der Waals surface area contributed by atoms with Crippen molar-refractivity contribution in [2.75, 3.05) is 26.2 Å². The largest absolute Gasteiger partial charge is 0.416 e. The molecule has 1 aliphatic heterocycles. The Hall–Kier alpha value is -1.07. The average Bonchev–Trinajstić information content (AvgIpc) is 2.66. The van der Waals surface area contributed by atoms with Gasteiger partial charge in [-0.3, -0.25) is 4.90 Å². The molecule has 1 aliphatic rings. The highest BCUT2D eigenvalue weighted by Gasteiger charge is 2.30. The van der Waals surface area contributed by atoms with Crippen molar-refractivity contribution < 1.29 is 13.2 Å². The summed E-state index contributed by atoms with van der Waals surface area (Å²) in [6.07, 6.45) is -3.18. The molecule has 1 aromatic rings. The first-order chi connectivity index (χ1) is 8.98. The van der Waals surface area contributed by atoms with Gasteiger partial charge in [-0.2, -0.15) is 13.2 Å². The van der Waals surface area contributed by atoms with Crippen LogP contribution in [0.1, 0.15) is 30.5 Å². The van der Waals surface area contributed by atoms with Gasteiger partial charge in [0.15, 0.2) is 0 Å². The molecular weight excluding hydrogens is 253 g/mol. The van der Waals surface area contributed by atoms with Crippen LogP contribution in [0.4, 0.5) is 13.2 Å². The predicted octanol–water partition coefficient (Wildman–Crippen LogP) is 3.06. The van der Waals surface area contributed by atoms with Crippen LogP contribution in [0.15, 0.2) is 24.3 Å². The highest BCUT2D eigenvalue weighted by molar-refractivity contribution is 5.26. The van der Waals surface area contributed by atoms with Gasteiger partial charge in [0.05, 0.1) is 5.56 Å². The molecule has 0 radical (unpaired) electrons. The molecule has 1 heterocycles. The Kier molecular flexibility index (Phi) is 4.47.